The number of rotatable bonds is 5. The number of nitrogens with two attached hydrogens (primary N) is 1. The molecule has 5 heteroatoms. The van der Waals surface area contributed by atoms with Crippen molar-refractivity contribution in [3.05, 3.63) is 42.1 Å². The second-order valence-electron chi connectivity index (χ2n) is 6.01. The maximum atomic E-state index is 5.79. The predicted molar refractivity (Wildman–Crippen MR) is 92.2 cm³/mol. The van der Waals surface area contributed by atoms with Crippen LogP contribution in [0.25, 0.3) is 11.4 Å². The molecule has 1 aromatic heterocycles. The number of nitrogens with zero attached hydrogens (tertiary/aromatic N) is 3. The summed E-state index contributed by atoms with van der Waals surface area (Å²) in [5.74, 6) is 2.39. The van der Waals surface area contributed by atoms with Gasteiger partial charge in [0.05, 0.1) is 12.3 Å². The fraction of sp³-hybridized carbons (Fsp3) is 0.444. The minimum absolute atomic E-state index is 0.495. The third-order valence-electron chi connectivity index (χ3n) is 4.36. The van der Waals surface area contributed by atoms with Crippen molar-refractivity contribution < 1.29 is 4.74 Å². The molecule has 2 N–H and O–H groups in total. The van der Waals surface area contributed by atoms with E-state index < -0.39 is 0 Å². The van der Waals surface area contributed by atoms with Crippen LogP contribution in [0.4, 0.5) is 5.82 Å². The van der Waals surface area contributed by atoms with Crippen LogP contribution in [-0.2, 0) is 11.3 Å². The number of anilines is 1. The molecule has 0 aliphatic carbocycles. The first-order chi connectivity index (χ1) is 11.3. The third-order valence-corrected chi connectivity index (χ3v) is 4.36. The fourth-order valence-corrected chi connectivity index (χ4v) is 2.98. The van der Waals surface area contributed by atoms with Crippen LogP contribution >= 0.6 is 0 Å². The van der Waals surface area contributed by atoms with E-state index in [0.29, 0.717) is 12.5 Å². The van der Waals surface area contributed by atoms with Gasteiger partial charge in [0.15, 0.2) is 5.82 Å². The topological polar surface area (TPSA) is 64.3 Å². The first-order valence-corrected chi connectivity index (χ1v) is 8.17. The van der Waals surface area contributed by atoms with Crippen LogP contribution in [0.1, 0.15) is 18.5 Å². The molecule has 0 bridgehead atoms. The molecule has 2 heterocycles. The lowest BCUT2D eigenvalue weighted by atomic mass is 9.97. The van der Waals surface area contributed by atoms with Gasteiger partial charge in [0.1, 0.15) is 5.82 Å². The Bertz CT molecular complexity index is 624. The summed E-state index contributed by atoms with van der Waals surface area (Å²) in [7, 11) is 1.69. The minimum Gasteiger partial charge on any atom is -0.378 e. The fourth-order valence-electron chi connectivity index (χ4n) is 2.98. The van der Waals surface area contributed by atoms with Crippen molar-refractivity contribution in [3.8, 4) is 11.4 Å². The zero-order chi connectivity index (χ0) is 16.1. The summed E-state index contributed by atoms with van der Waals surface area (Å²) < 4.78 is 5.27. The molecular formula is C18H24N4O. The van der Waals surface area contributed by atoms with Gasteiger partial charge in [-0.1, -0.05) is 30.3 Å². The summed E-state index contributed by atoms with van der Waals surface area (Å²) in [4.78, 5) is 11.8. The number of benzene rings is 1. The molecule has 122 valence electrons. The average molecular weight is 312 g/mol. The van der Waals surface area contributed by atoms with Gasteiger partial charge in [-0.15, -0.1) is 0 Å². The Balaban J connectivity index is 1.89. The zero-order valence-corrected chi connectivity index (χ0v) is 13.6. The molecule has 1 fully saturated rings. The van der Waals surface area contributed by atoms with Crippen molar-refractivity contribution in [3.63, 3.8) is 0 Å². The first-order valence-electron chi connectivity index (χ1n) is 8.17. The molecule has 23 heavy (non-hydrogen) atoms. The van der Waals surface area contributed by atoms with Crippen molar-refractivity contribution in [2.24, 2.45) is 11.7 Å². The molecular weight excluding hydrogens is 288 g/mol. The van der Waals surface area contributed by atoms with E-state index in [1.807, 2.05) is 36.4 Å². The lowest BCUT2D eigenvalue weighted by Crippen LogP contribution is -2.36. The van der Waals surface area contributed by atoms with Gasteiger partial charge in [0.2, 0.25) is 0 Å². The summed E-state index contributed by atoms with van der Waals surface area (Å²) in [5.41, 5.74) is 7.74. The summed E-state index contributed by atoms with van der Waals surface area (Å²) in [5, 5.41) is 0. The van der Waals surface area contributed by atoms with Crippen LogP contribution in [0.3, 0.4) is 0 Å². The average Bonchev–Trinajstić information content (AvgIpc) is 2.62. The van der Waals surface area contributed by atoms with E-state index in [0.717, 1.165) is 55.4 Å². The molecule has 2 aromatic rings. The molecule has 1 saturated heterocycles. The van der Waals surface area contributed by atoms with E-state index in [1.165, 1.54) is 0 Å². The van der Waals surface area contributed by atoms with E-state index in [1.54, 1.807) is 7.11 Å². The van der Waals surface area contributed by atoms with Crippen molar-refractivity contribution in [2.45, 2.75) is 19.4 Å². The zero-order valence-electron chi connectivity index (χ0n) is 13.6. The quantitative estimate of drug-likeness (QED) is 0.919. The Morgan fingerprint density at radius 2 is 1.91 bits per heavy atom. The van der Waals surface area contributed by atoms with Gasteiger partial charge in [-0.25, -0.2) is 9.97 Å². The highest BCUT2D eigenvalue weighted by molar-refractivity contribution is 5.58. The maximum absolute atomic E-state index is 5.79. The van der Waals surface area contributed by atoms with Crippen LogP contribution in [0.5, 0.6) is 0 Å². The second kappa shape index (κ2) is 7.53. The van der Waals surface area contributed by atoms with Gasteiger partial charge >= 0.3 is 0 Å². The Hall–Kier alpha value is -1.98. The molecule has 0 saturated carbocycles. The predicted octanol–water partition coefficient (Wildman–Crippen LogP) is 2.47. The normalized spacial score (nSPS) is 15.8. The lowest BCUT2D eigenvalue weighted by Gasteiger charge is -2.32. The molecule has 0 radical (unpaired) electrons. The van der Waals surface area contributed by atoms with Crippen LogP contribution in [0.2, 0.25) is 0 Å². The molecule has 0 unspecified atom stereocenters. The van der Waals surface area contributed by atoms with Crippen LogP contribution in [0, 0.1) is 5.92 Å². The number of methoxy groups -OCH3 is 1. The largest absolute Gasteiger partial charge is 0.378 e. The number of hydrogen-bond acceptors (Lipinski definition) is 5. The molecule has 5 nitrogen and oxygen atoms in total. The van der Waals surface area contributed by atoms with Gasteiger partial charge in [-0.2, -0.15) is 0 Å². The molecule has 0 spiro atoms. The Morgan fingerprint density at radius 1 is 1.17 bits per heavy atom. The van der Waals surface area contributed by atoms with Crippen LogP contribution in [-0.4, -0.2) is 36.7 Å². The number of piperidine rings is 1. The van der Waals surface area contributed by atoms with Gasteiger partial charge in [-0.3, -0.25) is 0 Å². The number of aromatic nitrogens is 2. The number of ether oxygens (including phenoxy) is 1. The monoisotopic (exact) mass is 312 g/mol. The molecule has 0 amide bonds. The Labute approximate surface area is 137 Å². The smallest absolute Gasteiger partial charge is 0.161 e. The van der Waals surface area contributed by atoms with Crippen molar-refractivity contribution in [2.75, 3.05) is 31.6 Å². The molecule has 1 aromatic carbocycles. The van der Waals surface area contributed by atoms with Gasteiger partial charge in [0.25, 0.3) is 0 Å². The first kappa shape index (κ1) is 15.9. The lowest BCUT2D eigenvalue weighted by molar-refractivity contribution is 0.181. The highest BCUT2D eigenvalue weighted by Crippen LogP contribution is 2.24. The molecule has 0 atom stereocenters. The second-order valence-corrected chi connectivity index (χ2v) is 6.01. The minimum atomic E-state index is 0.495. The highest BCUT2D eigenvalue weighted by atomic mass is 16.5. The van der Waals surface area contributed by atoms with E-state index >= 15 is 0 Å². The Morgan fingerprint density at radius 3 is 2.57 bits per heavy atom. The SMILES string of the molecule is COCc1cc(N2CCC(CN)CC2)nc(-c2ccccc2)n1. The number of hydrogen-bond donors (Lipinski definition) is 1. The summed E-state index contributed by atoms with van der Waals surface area (Å²) in [6.07, 6.45) is 2.25. The van der Waals surface area contributed by atoms with Crippen molar-refractivity contribution in [1.82, 2.24) is 9.97 Å². The van der Waals surface area contributed by atoms with E-state index in [-0.39, 0.29) is 0 Å². The van der Waals surface area contributed by atoms with Gasteiger partial charge in [-0.05, 0) is 25.3 Å². The summed E-state index contributed by atoms with van der Waals surface area (Å²) in [6.45, 7) is 3.27. The summed E-state index contributed by atoms with van der Waals surface area (Å²) in [6, 6.07) is 12.1. The molecule has 1 aliphatic rings. The summed E-state index contributed by atoms with van der Waals surface area (Å²) >= 11 is 0. The van der Waals surface area contributed by atoms with Crippen molar-refractivity contribution >= 4 is 5.82 Å². The Kier molecular flexibility index (Phi) is 5.20. The standard InChI is InChI=1S/C18H24N4O/c1-23-13-16-11-17(22-9-7-14(12-19)8-10-22)21-18(20-16)15-5-3-2-4-6-15/h2-6,11,14H,7-10,12-13,19H2,1H3. The van der Waals surface area contributed by atoms with Crippen LogP contribution in [0.15, 0.2) is 36.4 Å². The third kappa shape index (κ3) is 3.86. The highest BCUT2D eigenvalue weighted by Gasteiger charge is 2.20. The molecule has 3 rings (SSSR count). The maximum Gasteiger partial charge on any atom is 0.161 e. The van der Waals surface area contributed by atoms with Crippen molar-refractivity contribution in [1.29, 1.82) is 0 Å². The van der Waals surface area contributed by atoms with Gasteiger partial charge in [0, 0.05) is 31.8 Å². The van der Waals surface area contributed by atoms with E-state index in [9.17, 15) is 0 Å². The molecule has 1 aliphatic heterocycles. The van der Waals surface area contributed by atoms with E-state index in [2.05, 4.69) is 9.88 Å². The van der Waals surface area contributed by atoms with E-state index in [4.69, 9.17) is 15.5 Å². The van der Waals surface area contributed by atoms with Gasteiger partial charge < -0.3 is 15.4 Å². The van der Waals surface area contributed by atoms with Crippen LogP contribution < -0.4 is 10.6 Å².